The first-order valence-electron chi connectivity index (χ1n) is 8.29. The molecule has 2 aromatic heterocycles. The third-order valence-corrected chi connectivity index (χ3v) is 5.98. The maximum Gasteiger partial charge on any atom is 0.341 e. The topological polar surface area (TPSA) is 96.2 Å². The Hall–Kier alpha value is -2.91. The van der Waals surface area contributed by atoms with Crippen LogP contribution in [0, 0.1) is 5.82 Å². The number of fused-ring (bicyclic) bond motifs is 1. The highest BCUT2D eigenvalue weighted by atomic mass is 35.5. The predicted octanol–water partition coefficient (Wildman–Crippen LogP) is 2.78. The molecule has 10 heteroatoms. The van der Waals surface area contributed by atoms with E-state index in [9.17, 15) is 27.5 Å². The number of benzene rings is 1. The minimum Gasteiger partial charge on any atom is -0.477 e. The van der Waals surface area contributed by atoms with E-state index in [4.69, 9.17) is 11.6 Å². The lowest BCUT2D eigenvalue weighted by molar-refractivity contribution is 0.0694. The van der Waals surface area contributed by atoms with Gasteiger partial charge in [-0.1, -0.05) is 29.8 Å². The number of carbonyl (C=O) groups is 1. The molecule has 3 aromatic rings. The molecule has 2 heterocycles. The number of hydrogen-bond acceptors (Lipinski definition) is 4. The van der Waals surface area contributed by atoms with Crippen molar-refractivity contribution in [2.75, 3.05) is 17.6 Å². The molecule has 3 rings (SSSR count). The number of carboxylic acid groups (broad SMARTS) is 1. The molecule has 1 N–H and O–H groups in total. The summed E-state index contributed by atoms with van der Waals surface area (Å²) in [5.74, 6) is -2.07. The number of carboxylic acids is 1. The minimum absolute atomic E-state index is 0.0324. The second-order valence-corrected chi connectivity index (χ2v) is 8.89. The van der Waals surface area contributed by atoms with Gasteiger partial charge in [0.15, 0.2) is 0 Å². The quantitative estimate of drug-likeness (QED) is 0.660. The Bertz CT molecular complexity index is 1300. The number of nitrogens with zero attached hydrogens (tertiary/aromatic N) is 2. The van der Waals surface area contributed by atoms with Crippen LogP contribution in [0.1, 0.15) is 21.5 Å². The lowest BCUT2D eigenvalue weighted by atomic mass is 10.1. The summed E-state index contributed by atoms with van der Waals surface area (Å²) >= 11 is 5.80. The van der Waals surface area contributed by atoms with Crippen molar-refractivity contribution in [3.8, 4) is 0 Å². The number of aromatic carboxylic acids is 1. The van der Waals surface area contributed by atoms with Crippen LogP contribution < -0.4 is 9.86 Å². The van der Waals surface area contributed by atoms with Crippen molar-refractivity contribution in [1.29, 1.82) is 0 Å². The Morgan fingerprint density at radius 1 is 1.28 bits per heavy atom. The predicted molar refractivity (Wildman–Crippen MR) is 108 cm³/mol. The zero-order valence-electron chi connectivity index (χ0n) is 15.4. The maximum absolute atomic E-state index is 14.2. The summed E-state index contributed by atoms with van der Waals surface area (Å²) in [6.45, 7) is 0. The molecule has 0 aliphatic heterocycles. The van der Waals surface area contributed by atoms with Crippen molar-refractivity contribution in [3.05, 3.63) is 80.5 Å². The highest BCUT2D eigenvalue weighted by Crippen LogP contribution is 2.25. The van der Waals surface area contributed by atoms with Crippen molar-refractivity contribution in [3.63, 3.8) is 0 Å². The largest absolute Gasteiger partial charge is 0.477 e. The van der Waals surface area contributed by atoms with E-state index in [1.54, 1.807) is 18.2 Å². The average molecular weight is 439 g/mol. The van der Waals surface area contributed by atoms with Crippen molar-refractivity contribution in [2.24, 2.45) is 0 Å². The van der Waals surface area contributed by atoms with Gasteiger partial charge in [0.2, 0.25) is 10.0 Å². The van der Waals surface area contributed by atoms with E-state index >= 15 is 0 Å². The van der Waals surface area contributed by atoms with Gasteiger partial charge in [0.25, 0.3) is 5.56 Å². The molecular formula is C19H16ClFN2O5S. The highest BCUT2D eigenvalue weighted by molar-refractivity contribution is 7.92. The van der Waals surface area contributed by atoms with Gasteiger partial charge >= 0.3 is 5.97 Å². The summed E-state index contributed by atoms with van der Waals surface area (Å²) in [5.41, 5.74) is -0.372. The number of aromatic nitrogens is 1. The Morgan fingerprint density at radius 2 is 1.97 bits per heavy atom. The average Bonchev–Trinajstić information content (AvgIpc) is 2.64. The van der Waals surface area contributed by atoms with Gasteiger partial charge in [-0.3, -0.25) is 13.5 Å². The monoisotopic (exact) mass is 438 g/mol. The summed E-state index contributed by atoms with van der Waals surface area (Å²) in [6, 6.07) is 8.67. The summed E-state index contributed by atoms with van der Waals surface area (Å²) in [4.78, 5) is 24.1. The van der Waals surface area contributed by atoms with Gasteiger partial charge in [0.1, 0.15) is 11.4 Å². The molecule has 0 atom stereocenters. The number of halogens is 2. The van der Waals surface area contributed by atoms with E-state index in [1.807, 2.05) is 0 Å². The normalized spacial score (nSPS) is 11.6. The smallest absolute Gasteiger partial charge is 0.341 e. The number of anilines is 1. The van der Waals surface area contributed by atoms with Crippen LogP contribution in [0.25, 0.3) is 5.52 Å². The number of rotatable bonds is 5. The molecule has 0 amide bonds. The fourth-order valence-electron chi connectivity index (χ4n) is 2.92. The summed E-state index contributed by atoms with van der Waals surface area (Å²) in [6.07, 6.45) is 2.43. The van der Waals surface area contributed by atoms with E-state index in [2.05, 4.69) is 0 Å². The Kier molecular flexibility index (Phi) is 5.38. The zero-order valence-corrected chi connectivity index (χ0v) is 17.0. The molecule has 0 aliphatic carbocycles. The first kappa shape index (κ1) is 20.8. The van der Waals surface area contributed by atoms with Crippen molar-refractivity contribution >= 4 is 38.8 Å². The zero-order chi connectivity index (χ0) is 21.5. The van der Waals surface area contributed by atoms with E-state index in [1.165, 1.54) is 25.4 Å². The van der Waals surface area contributed by atoms with Gasteiger partial charge in [-0.15, -0.1) is 0 Å². The molecule has 0 fully saturated rings. The van der Waals surface area contributed by atoms with Crippen LogP contribution in [-0.4, -0.2) is 37.2 Å². The molecule has 0 unspecified atom stereocenters. The lowest BCUT2D eigenvalue weighted by Gasteiger charge is -2.20. The molecule has 0 spiro atoms. The second-order valence-electron chi connectivity index (χ2n) is 6.47. The first-order valence-corrected chi connectivity index (χ1v) is 10.5. The Morgan fingerprint density at radius 3 is 2.59 bits per heavy atom. The fraction of sp³-hybridized carbons (Fsp3) is 0.158. The molecule has 0 aliphatic rings. The minimum atomic E-state index is -3.71. The summed E-state index contributed by atoms with van der Waals surface area (Å²) in [7, 11) is -2.45. The van der Waals surface area contributed by atoms with Crippen LogP contribution >= 0.6 is 11.6 Å². The van der Waals surface area contributed by atoms with Gasteiger partial charge < -0.3 is 5.11 Å². The third-order valence-electron chi connectivity index (χ3n) is 4.50. The van der Waals surface area contributed by atoms with Gasteiger partial charge in [-0.05, 0) is 29.3 Å². The Balaban J connectivity index is 2.24. The molecule has 0 saturated carbocycles. The first-order chi connectivity index (χ1) is 13.5. The molecule has 0 radical (unpaired) electrons. The molecular weight excluding hydrogens is 423 g/mol. The van der Waals surface area contributed by atoms with Crippen LogP contribution in [0.2, 0.25) is 5.02 Å². The lowest BCUT2D eigenvalue weighted by Crippen LogP contribution is -2.29. The van der Waals surface area contributed by atoms with Crippen LogP contribution in [0.5, 0.6) is 0 Å². The summed E-state index contributed by atoms with van der Waals surface area (Å²) in [5, 5.41) is 9.32. The van der Waals surface area contributed by atoms with Crippen molar-refractivity contribution < 1.29 is 22.7 Å². The van der Waals surface area contributed by atoms with Crippen LogP contribution in [-0.2, 0) is 16.4 Å². The highest BCUT2D eigenvalue weighted by Gasteiger charge is 2.21. The van der Waals surface area contributed by atoms with Crippen LogP contribution in [0.3, 0.4) is 0 Å². The van der Waals surface area contributed by atoms with Gasteiger partial charge in [-0.2, -0.15) is 0 Å². The van der Waals surface area contributed by atoms with Crippen LogP contribution in [0.15, 0.2) is 47.4 Å². The van der Waals surface area contributed by atoms with Gasteiger partial charge in [0.05, 0.1) is 22.5 Å². The van der Waals surface area contributed by atoms with E-state index in [0.29, 0.717) is 11.1 Å². The van der Waals surface area contributed by atoms with E-state index < -0.39 is 32.9 Å². The van der Waals surface area contributed by atoms with E-state index in [0.717, 1.165) is 21.0 Å². The number of sulfonamides is 1. The molecule has 7 nitrogen and oxygen atoms in total. The number of hydrogen-bond donors (Lipinski definition) is 1. The molecule has 0 bridgehead atoms. The fourth-order valence-corrected chi connectivity index (χ4v) is 3.61. The molecule has 29 heavy (non-hydrogen) atoms. The van der Waals surface area contributed by atoms with Crippen molar-refractivity contribution in [1.82, 2.24) is 4.40 Å². The van der Waals surface area contributed by atoms with Gasteiger partial charge in [-0.25, -0.2) is 17.6 Å². The third kappa shape index (κ3) is 3.96. The molecule has 0 saturated heterocycles. The maximum atomic E-state index is 14.2. The van der Waals surface area contributed by atoms with Crippen molar-refractivity contribution in [2.45, 2.75) is 6.42 Å². The summed E-state index contributed by atoms with van der Waals surface area (Å²) < 4.78 is 40.1. The number of pyridine rings is 2. The van der Waals surface area contributed by atoms with Gasteiger partial charge in [0, 0.05) is 19.7 Å². The SMILES string of the molecule is CN(c1cc(C(=O)O)c(=O)n2cc(Cc3cccc(Cl)c3F)ccc12)S(C)(=O)=O. The Labute approximate surface area is 170 Å². The van der Waals surface area contributed by atoms with Crippen LogP contribution in [0.4, 0.5) is 10.1 Å². The standard InChI is InChI=1S/C19H16ClFN2O5S/c1-22(29(2,27)28)16-9-13(19(25)26)18(24)23-10-11(6-7-15(16)23)8-12-4-3-5-14(20)17(12)21/h3-7,9-10H,8H2,1-2H3,(H,25,26). The molecule has 1 aromatic carbocycles. The molecule has 152 valence electrons. The second kappa shape index (κ2) is 7.49. The van der Waals surface area contributed by atoms with E-state index in [-0.39, 0.29) is 22.6 Å².